The first-order chi connectivity index (χ1) is 16.3. The van der Waals surface area contributed by atoms with Crippen molar-refractivity contribution in [3.8, 4) is 0 Å². The van der Waals surface area contributed by atoms with Crippen LogP contribution in [0.3, 0.4) is 0 Å². The minimum absolute atomic E-state index is 0.195. The summed E-state index contributed by atoms with van der Waals surface area (Å²) in [6.45, 7) is 4.51. The Morgan fingerprint density at radius 3 is 2.58 bits per heavy atom. The van der Waals surface area contributed by atoms with Gasteiger partial charge in [-0.15, -0.1) is 10.2 Å². The fourth-order valence-electron chi connectivity index (χ4n) is 4.38. The van der Waals surface area contributed by atoms with Crippen molar-refractivity contribution in [2.24, 2.45) is 0 Å². The van der Waals surface area contributed by atoms with E-state index in [9.17, 15) is 4.79 Å². The number of carbonyl (C=O) groups is 1. The van der Waals surface area contributed by atoms with Crippen LogP contribution in [0.15, 0.2) is 52.3 Å². The third kappa shape index (κ3) is 6.05. The van der Waals surface area contributed by atoms with E-state index in [0.29, 0.717) is 18.3 Å². The van der Waals surface area contributed by atoms with E-state index in [1.54, 1.807) is 11.3 Å². The normalized spacial score (nSPS) is 16.7. The molecule has 1 aromatic carbocycles. The van der Waals surface area contributed by atoms with Crippen molar-refractivity contribution in [3.63, 3.8) is 0 Å². The molecule has 2 aliphatic rings. The molecule has 8 heteroatoms. The van der Waals surface area contributed by atoms with Gasteiger partial charge in [0.05, 0.1) is 18.8 Å². The number of rotatable bonds is 10. The number of nitrogens with zero attached hydrogens (tertiary/aromatic N) is 5. The van der Waals surface area contributed by atoms with Crippen molar-refractivity contribution in [1.82, 2.24) is 24.6 Å². The molecule has 2 fully saturated rings. The molecule has 0 N–H and O–H groups in total. The van der Waals surface area contributed by atoms with Crippen molar-refractivity contribution in [3.05, 3.63) is 64.1 Å². The molecule has 1 amide bonds. The van der Waals surface area contributed by atoms with Gasteiger partial charge in [0.25, 0.3) is 0 Å². The van der Waals surface area contributed by atoms with Crippen molar-refractivity contribution >= 4 is 29.0 Å². The van der Waals surface area contributed by atoms with Crippen molar-refractivity contribution in [2.75, 3.05) is 18.8 Å². The number of thiophene rings is 1. The van der Waals surface area contributed by atoms with Crippen LogP contribution in [0.5, 0.6) is 0 Å². The molecule has 0 spiro atoms. The van der Waals surface area contributed by atoms with E-state index in [0.717, 1.165) is 50.0 Å². The highest BCUT2D eigenvalue weighted by Crippen LogP contribution is 2.30. The zero-order valence-corrected chi connectivity index (χ0v) is 20.6. The molecule has 1 saturated heterocycles. The average Bonchev–Trinajstić information content (AvgIpc) is 3.43. The minimum Gasteiger partial charge on any atom is -0.335 e. The van der Waals surface area contributed by atoms with Gasteiger partial charge in [0.15, 0.2) is 5.16 Å². The van der Waals surface area contributed by atoms with Crippen LogP contribution in [-0.4, -0.2) is 55.4 Å². The molecule has 1 aliphatic heterocycles. The molecule has 0 atom stereocenters. The monoisotopic (exact) mass is 481 g/mol. The highest BCUT2D eigenvalue weighted by atomic mass is 32.2. The first-order valence-corrected chi connectivity index (χ1v) is 13.8. The third-order valence-electron chi connectivity index (χ3n) is 6.36. The first-order valence-electron chi connectivity index (χ1n) is 11.9. The second-order valence-electron chi connectivity index (χ2n) is 8.98. The number of aromatic nitrogens is 3. The highest BCUT2D eigenvalue weighted by molar-refractivity contribution is 7.99. The lowest BCUT2D eigenvalue weighted by Crippen LogP contribution is -2.34. The molecular formula is C25H31N5OS2. The summed E-state index contributed by atoms with van der Waals surface area (Å²) >= 11 is 3.21. The largest absolute Gasteiger partial charge is 0.335 e. The summed E-state index contributed by atoms with van der Waals surface area (Å²) in [5, 5.41) is 14.1. The lowest BCUT2D eigenvalue weighted by Gasteiger charge is -2.26. The third-order valence-corrected chi connectivity index (χ3v) is 8.04. The first kappa shape index (κ1) is 22.6. The summed E-state index contributed by atoms with van der Waals surface area (Å²) in [6.07, 6.45) is 6.06. The van der Waals surface area contributed by atoms with E-state index in [-0.39, 0.29) is 5.91 Å². The summed E-state index contributed by atoms with van der Waals surface area (Å²) in [4.78, 5) is 17.7. The van der Waals surface area contributed by atoms with Crippen LogP contribution in [0.25, 0.3) is 0 Å². The van der Waals surface area contributed by atoms with E-state index in [4.69, 9.17) is 0 Å². The number of hydrogen-bond donors (Lipinski definition) is 0. The smallest absolute Gasteiger partial charge is 0.233 e. The van der Waals surface area contributed by atoms with Crippen LogP contribution in [0.1, 0.15) is 49.1 Å². The number of benzene rings is 1. The van der Waals surface area contributed by atoms with Crippen molar-refractivity contribution in [1.29, 1.82) is 0 Å². The lowest BCUT2D eigenvalue weighted by atomic mass is 10.1. The molecule has 3 aromatic rings. The van der Waals surface area contributed by atoms with Gasteiger partial charge in [-0.2, -0.15) is 11.3 Å². The molecule has 1 saturated carbocycles. The summed E-state index contributed by atoms with van der Waals surface area (Å²) in [7, 11) is 0. The minimum atomic E-state index is 0.195. The molecule has 0 bridgehead atoms. The highest BCUT2D eigenvalue weighted by Gasteiger charge is 2.32. The second kappa shape index (κ2) is 10.8. The van der Waals surface area contributed by atoms with Gasteiger partial charge in [0.2, 0.25) is 5.91 Å². The number of hydrogen-bond acceptors (Lipinski definition) is 6. The van der Waals surface area contributed by atoms with Gasteiger partial charge in [-0.05, 0) is 66.7 Å². The summed E-state index contributed by atoms with van der Waals surface area (Å²) in [5.41, 5.74) is 2.45. The summed E-state index contributed by atoms with van der Waals surface area (Å²) < 4.78 is 2.21. The van der Waals surface area contributed by atoms with E-state index < -0.39 is 0 Å². The van der Waals surface area contributed by atoms with Crippen LogP contribution in [0.2, 0.25) is 0 Å². The molecule has 5 rings (SSSR count). The molecular weight excluding hydrogens is 450 g/mol. The van der Waals surface area contributed by atoms with Crippen LogP contribution in [-0.2, 0) is 24.4 Å². The van der Waals surface area contributed by atoms with E-state index >= 15 is 0 Å². The van der Waals surface area contributed by atoms with Gasteiger partial charge in [-0.25, -0.2) is 0 Å². The Hall–Kier alpha value is -2.16. The maximum absolute atomic E-state index is 13.2. The Kier molecular flexibility index (Phi) is 7.43. The Labute approximate surface area is 204 Å². The Morgan fingerprint density at radius 1 is 1.03 bits per heavy atom. The Morgan fingerprint density at radius 2 is 1.85 bits per heavy atom. The average molecular weight is 482 g/mol. The maximum atomic E-state index is 13.2. The van der Waals surface area contributed by atoms with Crippen molar-refractivity contribution < 1.29 is 4.79 Å². The molecule has 1 aliphatic carbocycles. The topological polar surface area (TPSA) is 54.3 Å². The summed E-state index contributed by atoms with van der Waals surface area (Å²) in [6, 6.07) is 13.0. The number of thioether (sulfide) groups is 1. The SMILES string of the molecule is O=C(CSc1nnc(CN2CCCCC2)n1Cc1ccccc1)N(Cc1ccsc1)C1CC1. The molecule has 0 unspecified atom stereocenters. The zero-order valence-electron chi connectivity index (χ0n) is 18.9. The van der Waals surface area contributed by atoms with Crippen molar-refractivity contribution in [2.45, 2.75) is 62.9 Å². The quantitative estimate of drug-likeness (QED) is 0.394. The standard InChI is InChI=1S/C25H31N5OS2/c31-24(29(22-9-10-22)16-21-11-14-32-18-21)19-33-25-27-26-23(17-28-12-5-2-6-13-28)30(25)15-20-7-3-1-4-8-20/h1,3-4,7-8,11,14,18,22H,2,5-6,9-10,12-13,15-17,19H2. The lowest BCUT2D eigenvalue weighted by molar-refractivity contribution is -0.129. The van der Waals surface area contributed by atoms with Crippen LogP contribution >= 0.6 is 23.1 Å². The van der Waals surface area contributed by atoms with E-state index in [1.807, 2.05) is 6.07 Å². The maximum Gasteiger partial charge on any atom is 0.233 e. The molecule has 2 aromatic heterocycles. The Balaban J connectivity index is 1.29. The molecule has 6 nitrogen and oxygen atoms in total. The molecule has 33 heavy (non-hydrogen) atoms. The Bertz CT molecular complexity index is 1030. The number of piperidine rings is 1. The summed E-state index contributed by atoms with van der Waals surface area (Å²) in [5.74, 6) is 1.59. The van der Waals surface area contributed by atoms with Gasteiger partial charge in [-0.3, -0.25) is 9.69 Å². The van der Waals surface area contributed by atoms with E-state index in [2.05, 4.69) is 65.7 Å². The fourth-order valence-corrected chi connectivity index (χ4v) is 5.88. The van der Waals surface area contributed by atoms with Gasteiger partial charge < -0.3 is 9.47 Å². The molecule has 0 radical (unpaired) electrons. The zero-order chi connectivity index (χ0) is 22.5. The van der Waals surface area contributed by atoms with E-state index in [1.165, 1.54) is 42.2 Å². The van der Waals surface area contributed by atoms with Crippen LogP contribution in [0.4, 0.5) is 0 Å². The van der Waals surface area contributed by atoms with Gasteiger partial charge >= 0.3 is 0 Å². The van der Waals surface area contributed by atoms with Gasteiger partial charge in [-0.1, -0.05) is 48.5 Å². The number of carbonyl (C=O) groups excluding carboxylic acids is 1. The van der Waals surface area contributed by atoms with Crippen LogP contribution < -0.4 is 0 Å². The molecule has 174 valence electrons. The van der Waals surface area contributed by atoms with Crippen LogP contribution in [0, 0.1) is 0 Å². The van der Waals surface area contributed by atoms with Gasteiger partial charge in [0.1, 0.15) is 5.82 Å². The molecule has 3 heterocycles. The number of amides is 1. The van der Waals surface area contributed by atoms with Gasteiger partial charge in [0, 0.05) is 12.6 Å². The predicted octanol–water partition coefficient (Wildman–Crippen LogP) is 4.66. The predicted molar refractivity (Wildman–Crippen MR) is 133 cm³/mol. The number of likely N-dealkylation sites (tertiary alicyclic amines) is 1. The second-order valence-corrected chi connectivity index (χ2v) is 10.7. The fraction of sp³-hybridized carbons (Fsp3) is 0.480.